The molecule has 4 nitrogen and oxygen atoms in total. The summed E-state index contributed by atoms with van der Waals surface area (Å²) < 4.78 is 0. The standard InChI is InChI=1S/C7H14N2O2/c1-7(10)9(11)6-4-2-3-5-8/h2,4,11H,3,5-6,8H2,1H3/b4-2+. The number of hydrogen-bond donors (Lipinski definition) is 2. The predicted molar refractivity (Wildman–Crippen MR) is 42.0 cm³/mol. The molecule has 0 saturated heterocycles. The molecule has 0 heterocycles. The van der Waals surface area contributed by atoms with Crippen LogP contribution in [-0.4, -0.2) is 29.3 Å². The van der Waals surface area contributed by atoms with E-state index < -0.39 is 0 Å². The van der Waals surface area contributed by atoms with E-state index in [1.54, 1.807) is 6.08 Å². The normalized spacial score (nSPS) is 10.5. The molecule has 0 aromatic carbocycles. The third-order valence-electron chi connectivity index (χ3n) is 1.14. The lowest BCUT2D eigenvalue weighted by Gasteiger charge is -2.07. The first-order valence-corrected chi connectivity index (χ1v) is 3.50. The molecule has 3 N–H and O–H groups in total. The molecule has 0 aliphatic rings. The molecular weight excluding hydrogens is 144 g/mol. The van der Waals surface area contributed by atoms with Crippen molar-refractivity contribution in [1.82, 2.24) is 5.06 Å². The molecule has 0 aromatic heterocycles. The fraction of sp³-hybridized carbons (Fsp3) is 0.571. The zero-order valence-corrected chi connectivity index (χ0v) is 6.66. The van der Waals surface area contributed by atoms with Crippen LogP contribution < -0.4 is 5.73 Å². The van der Waals surface area contributed by atoms with Gasteiger partial charge < -0.3 is 5.73 Å². The van der Waals surface area contributed by atoms with Gasteiger partial charge in [-0.1, -0.05) is 12.2 Å². The molecule has 0 bridgehead atoms. The number of hydrogen-bond acceptors (Lipinski definition) is 3. The highest BCUT2D eigenvalue weighted by Gasteiger charge is 1.98. The third-order valence-corrected chi connectivity index (χ3v) is 1.14. The van der Waals surface area contributed by atoms with E-state index in [4.69, 9.17) is 10.9 Å². The first kappa shape index (κ1) is 10.1. The van der Waals surface area contributed by atoms with Crippen molar-refractivity contribution >= 4 is 5.91 Å². The van der Waals surface area contributed by atoms with Gasteiger partial charge in [0.05, 0.1) is 6.54 Å². The molecular formula is C7H14N2O2. The second-order valence-electron chi connectivity index (χ2n) is 2.15. The van der Waals surface area contributed by atoms with Crippen molar-refractivity contribution in [1.29, 1.82) is 0 Å². The molecule has 0 unspecified atom stereocenters. The van der Waals surface area contributed by atoms with Crippen molar-refractivity contribution in [2.45, 2.75) is 13.3 Å². The maximum Gasteiger partial charge on any atom is 0.243 e. The number of hydroxylamine groups is 2. The molecule has 0 fully saturated rings. The maximum absolute atomic E-state index is 10.4. The average Bonchev–Trinajstić information content (AvgIpc) is 1.97. The molecule has 0 spiro atoms. The summed E-state index contributed by atoms with van der Waals surface area (Å²) in [5.41, 5.74) is 5.21. The van der Waals surface area contributed by atoms with Gasteiger partial charge in [0.1, 0.15) is 0 Å². The zero-order valence-electron chi connectivity index (χ0n) is 6.66. The van der Waals surface area contributed by atoms with Crippen LogP contribution in [0.3, 0.4) is 0 Å². The Hall–Kier alpha value is -0.870. The molecule has 64 valence electrons. The Labute approximate surface area is 66.2 Å². The van der Waals surface area contributed by atoms with Gasteiger partial charge in [0.25, 0.3) is 0 Å². The van der Waals surface area contributed by atoms with Crippen molar-refractivity contribution in [2.24, 2.45) is 5.73 Å². The summed E-state index contributed by atoms with van der Waals surface area (Å²) in [6.45, 7) is 2.12. The second-order valence-corrected chi connectivity index (χ2v) is 2.15. The van der Waals surface area contributed by atoms with E-state index >= 15 is 0 Å². The van der Waals surface area contributed by atoms with Crippen LogP contribution in [0.1, 0.15) is 13.3 Å². The second kappa shape index (κ2) is 5.88. The summed E-state index contributed by atoms with van der Waals surface area (Å²) >= 11 is 0. The van der Waals surface area contributed by atoms with Gasteiger partial charge in [0.2, 0.25) is 5.91 Å². The molecule has 4 heteroatoms. The van der Waals surface area contributed by atoms with E-state index in [9.17, 15) is 4.79 Å². The minimum Gasteiger partial charge on any atom is -0.330 e. The number of carbonyl (C=O) groups excluding carboxylic acids is 1. The van der Waals surface area contributed by atoms with E-state index in [1.165, 1.54) is 6.92 Å². The number of nitrogens with zero attached hydrogens (tertiary/aromatic N) is 1. The number of nitrogens with two attached hydrogens (primary N) is 1. The van der Waals surface area contributed by atoms with Gasteiger partial charge in [0.15, 0.2) is 0 Å². The van der Waals surface area contributed by atoms with Gasteiger partial charge >= 0.3 is 0 Å². The molecule has 0 radical (unpaired) electrons. The molecule has 0 aliphatic carbocycles. The lowest BCUT2D eigenvalue weighted by molar-refractivity contribution is -0.160. The van der Waals surface area contributed by atoms with E-state index in [0.29, 0.717) is 11.6 Å². The third kappa shape index (κ3) is 5.57. The molecule has 1 amide bonds. The van der Waals surface area contributed by atoms with Crippen LogP contribution in [0, 0.1) is 0 Å². The van der Waals surface area contributed by atoms with Crippen molar-refractivity contribution in [3.8, 4) is 0 Å². The topological polar surface area (TPSA) is 66.6 Å². The number of carbonyl (C=O) groups is 1. The number of rotatable bonds is 4. The lowest BCUT2D eigenvalue weighted by Crippen LogP contribution is -2.24. The zero-order chi connectivity index (χ0) is 8.69. The highest BCUT2D eigenvalue weighted by Crippen LogP contribution is 1.85. The molecule has 0 atom stereocenters. The quantitative estimate of drug-likeness (QED) is 0.347. The van der Waals surface area contributed by atoms with Crippen LogP contribution >= 0.6 is 0 Å². The van der Waals surface area contributed by atoms with Gasteiger partial charge in [-0.25, -0.2) is 5.06 Å². The van der Waals surface area contributed by atoms with Gasteiger partial charge in [-0.15, -0.1) is 0 Å². The van der Waals surface area contributed by atoms with Crippen molar-refractivity contribution < 1.29 is 10.0 Å². The van der Waals surface area contributed by atoms with Crippen LogP contribution in [0.2, 0.25) is 0 Å². The fourth-order valence-electron chi connectivity index (χ4n) is 0.517. The predicted octanol–water partition coefficient (Wildman–Crippen LogP) is 0.129. The Balaban J connectivity index is 3.44. The minimum atomic E-state index is -0.359. The van der Waals surface area contributed by atoms with Gasteiger partial charge in [-0.05, 0) is 13.0 Å². The Morgan fingerprint density at radius 1 is 1.64 bits per heavy atom. The fourth-order valence-corrected chi connectivity index (χ4v) is 0.517. The molecule has 11 heavy (non-hydrogen) atoms. The van der Waals surface area contributed by atoms with Gasteiger partial charge in [-0.2, -0.15) is 0 Å². The molecule has 0 aliphatic heterocycles. The highest BCUT2D eigenvalue weighted by molar-refractivity contribution is 5.71. The maximum atomic E-state index is 10.4. The minimum absolute atomic E-state index is 0.231. The Morgan fingerprint density at radius 2 is 2.27 bits per heavy atom. The Bertz CT molecular complexity index is 145. The van der Waals surface area contributed by atoms with E-state index in [1.807, 2.05) is 6.08 Å². The lowest BCUT2D eigenvalue weighted by atomic mass is 10.4. The van der Waals surface area contributed by atoms with Gasteiger partial charge in [0, 0.05) is 6.92 Å². The molecule has 0 saturated carbocycles. The van der Waals surface area contributed by atoms with Gasteiger partial charge in [-0.3, -0.25) is 10.0 Å². The highest BCUT2D eigenvalue weighted by atomic mass is 16.5. The van der Waals surface area contributed by atoms with Crippen molar-refractivity contribution in [3.63, 3.8) is 0 Å². The van der Waals surface area contributed by atoms with E-state index in [2.05, 4.69) is 0 Å². The molecule has 0 aromatic rings. The largest absolute Gasteiger partial charge is 0.330 e. The summed E-state index contributed by atoms with van der Waals surface area (Å²) in [5.74, 6) is -0.359. The van der Waals surface area contributed by atoms with Crippen LogP contribution in [0.15, 0.2) is 12.2 Å². The summed E-state index contributed by atoms with van der Waals surface area (Å²) in [6, 6.07) is 0. The summed E-state index contributed by atoms with van der Waals surface area (Å²) in [4.78, 5) is 10.4. The van der Waals surface area contributed by atoms with Crippen LogP contribution in [0.25, 0.3) is 0 Å². The summed E-state index contributed by atoms with van der Waals surface area (Å²) in [5, 5.41) is 9.47. The Morgan fingerprint density at radius 3 is 2.73 bits per heavy atom. The van der Waals surface area contributed by atoms with Crippen LogP contribution in [0.5, 0.6) is 0 Å². The molecule has 0 rings (SSSR count). The van der Waals surface area contributed by atoms with Crippen LogP contribution in [0.4, 0.5) is 0 Å². The number of amides is 1. The Kier molecular flexibility index (Phi) is 5.42. The first-order chi connectivity index (χ1) is 5.18. The van der Waals surface area contributed by atoms with Crippen molar-refractivity contribution in [2.75, 3.05) is 13.1 Å². The van der Waals surface area contributed by atoms with Crippen molar-refractivity contribution in [3.05, 3.63) is 12.2 Å². The van der Waals surface area contributed by atoms with Crippen LogP contribution in [-0.2, 0) is 4.79 Å². The first-order valence-electron chi connectivity index (χ1n) is 3.50. The average molecular weight is 158 g/mol. The summed E-state index contributed by atoms with van der Waals surface area (Å²) in [7, 11) is 0. The SMILES string of the molecule is CC(=O)N(O)C/C=C/CCN. The van der Waals surface area contributed by atoms with E-state index in [-0.39, 0.29) is 12.5 Å². The monoisotopic (exact) mass is 158 g/mol. The smallest absolute Gasteiger partial charge is 0.243 e. The van der Waals surface area contributed by atoms with E-state index in [0.717, 1.165) is 6.42 Å². The summed E-state index contributed by atoms with van der Waals surface area (Å²) in [6.07, 6.45) is 4.30.